The van der Waals surface area contributed by atoms with Crippen molar-refractivity contribution in [1.29, 1.82) is 0 Å². The van der Waals surface area contributed by atoms with Gasteiger partial charge in [-0.3, -0.25) is 0 Å². The first-order valence-corrected chi connectivity index (χ1v) is 4.88. The third kappa shape index (κ3) is 5.37. The van der Waals surface area contributed by atoms with Gasteiger partial charge in [0.15, 0.2) is 0 Å². The van der Waals surface area contributed by atoms with E-state index in [1.807, 2.05) is 0 Å². The number of hydrogen-bond donors (Lipinski definition) is 1. The van der Waals surface area contributed by atoms with Crippen molar-refractivity contribution >= 4 is 12.4 Å². The van der Waals surface area contributed by atoms with Crippen molar-refractivity contribution in [3.8, 4) is 0 Å². The van der Waals surface area contributed by atoms with Gasteiger partial charge in [-0.15, -0.1) is 12.4 Å². The fourth-order valence-corrected chi connectivity index (χ4v) is 1.33. The number of benzene rings is 1. The summed E-state index contributed by atoms with van der Waals surface area (Å²) in [5.41, 5.74) is 6.40. The topological polar surface area (TPSA) is 26.0 Å². The maximum Gasteiger partial charge on any atom is 0.389 e. The fourth-order valence-electron chi connectivity index (χ4n) is 1.33. The van der Waals surface area contributed by atoms with Crippen molar-refractivity contribution < 1.29 is 17.6 Å². The normalized spacial score (nSPS) is 13.1. The molecule has 0 aliphatic carbocycles. The summed E-state index contributed by atoms with van der Waals surface area (Å²) in [6, 6.07) is 3.48. The van der Waals surface area contributed by atoms with Gasteiger partial charge in [-0.2, -0.15) is 13.2 Å². The molecule has 0 bridgehead atoms. The van der Waals surface area contributed by atoms with Crippen LogP contribution in [0.2, 0.25) is 0 Å². The van der Waals surface area contributed by atoms with Crippen LogP contribution in [-0.4, -0.2) is 6.18 Å². The molecule has 0 unspecified atom stereocenters. The lowest BCUT2D eigenvalue weighted by molar-refractivity contribution is -0.136. The molecule has 0 fully saturated rings. The Morgan fingerprint density at radius 3 is 2.35 bits per heavy atom. The van der Waals surface area contributed by atoms with E-state index in [9.17, 15) is 17.6 Å². The van der Waals surface area contributed by atoms with Crippen molar-refractivity contribution in [1.82, 2.24) is 0 Å². The highest BCUT2D eigenvalue weighted by molar-refractivity contribution is 5.85. The minimum absolute atomic E-state index is 0. The van der Waals surface area contributed by atoms with Crippen LogP contribution in [0.5, 0.6) is 0 Å². The molecule has 1 rings (SSSR count). The first-order valence-electron chi connectivity index (χ1n) is 4.88. The van der Waals surface area contributed by atoms with Gasteiger partial charge in [0.1, 0.15) is 5.82 Å². The summed E-state index contributed by atoms with van der Waals surface area (Å²) in [5, 5.41) is 0. The van der Waals surface area contributed by atoms with Gasteiger partial charge in [-0.25, -0.2) is 4.39 Å². The molecule has 0 saturated carbocycles. The molecule has 1 aromatic rings. The molecule has 1 aromatic carbocycles. The standard InChI is InChI=1S/C11H13F4N.ClH/c1-7-2-3-8(6-9(7)12)10(16)4-5-11(13,14)15;/h2-3,6,10H,4-5,16H2,1H3;1H/t10-;/m0./s1. The molecular weight excluding hydrogens is 258 g/mol. The van der Waals surface area contributed by atoms with Gasteiger partial charge < -0.3 is 5.73 Å². The van der Waals surface area contributed by atoms with Crippen LogP contribution in [0.3, 0.4) is 0 Å². The molecule has 2 N–H and O–H groups in total. The van der Waals surface area contributed by atoms with Crippen LogP contribution in [0, 0.1) is 12.7 Å². The van der Waals surface area contributed by atoms with E-state index >= 15 is 0 Å². The van der Waals surface area contributed by atoms with Crippen molar-refractivity contribution in [2.45, 2.75) is 32.0 Å². The highest BCUT2D eigenvalue weighted by Gasteiger charge is 2.27. The molecule has 0 spiro atoms. The van der Waals surface area contributed by atoms with Crippen molar-refractivity contribution in [3.63, 3.8) is 0 Å². The largest absolute Gasteiger partial charge is 0.389 e. The molecule has 0 aliphatic heterocycles. The summed E-state index contributed by atoms with van der Waals surface area (Å²) in [5.74, 6) is -0.444. The highest BCUT2D eigenvalue weighted by Crippen LogP contribution is 2.26. The predicted molar refractivity (Wildman–Crippen MR) is 60.6 cm³/mol. The summed E-state index contributed by atoms with van der Waals surface area (Å²) in [6.45, 7) is 1.58. The zero-order valence-corrected chi connectivity index (χ0v) is 10.0. The van der Waals surface area contributed by atoms with Crippen LogP contribution in [0.1, 0.15) is 30.0 Å². The van der Waals surface area contributed by atoms with E-state index in [4.69, 9.17) is 5.73 Å². The lowest BCUT2D eigenvalue weighted by atomic mass is 10.0. The van der Waals surface area contributed by atoms with E-state index in [0.717, 1.165) is 0 Å². The summed E-state index contributed by atoms with van der Waals surface area (Å²) >= 11 is 0. The third-order valence-corrected chi connectivity index (χ3v) is 2.36. The van der Waals surface area contributed by atoms with Crippen LogP contribution in [0.25, 0.3) is 0 Å². The van der Waals surface area contributed by atoms with E-state index in [1.165, 1.54) is 12.1 Å². The van der Waals surface area contributed by atoms with Crippen molar-refractivity contribution in [2.24, 2.45) is 5.73 Å². The molecule has 0 aliphatic rings. The van der Waals surface area contributed by atoms with E-state index < -0.39 is 24.5 Å². The minimum Gasteiger partial charge on any atom is -0.324 e. The maximum atomic E-state index is 13.1. The zero-order valence-electron chi connectivity index (χ0n) is 9.22. The maximum absolute atomic E-state index is 13.1. The molecule has 0 amide bonds. The first-order chi connectivity index (χ1) is 7.29. The van der Waals surface area contributed by atoms with Crippen LogP contribution in [-0.2, 0) is 0 Å². The van der Waals surface area contributed by atoms with E-state index in [-0.39, 0.29) is 18.8 Å². The first kappa shape index (κ1) is 16.2. The molecule has 0 heterocycles. The number of alkyl halides is 3. The van der Waals surface area contributed by atoms with E-state index in [2.05, 4.69) is 0 Å². The molecule has 98 valence electrons. The van der Waals surface area contributed by atoms with Crippen LogP contribution >= 0.6 is 12.4 Å². The molecule has 0 saturated heterocycles. The summed E-state index contributed by atoms with van der Waals surface area (Å²) in [7, 11) is 0. The van der Waals surface area contributed by atoms with Crippen molar-refractivity contribution in [3.05, 3.63) is 35.1 Å². The van der Waals surface area contributed by atoms with Crippen LogP contribution < -0.4 is 5.73 Å². The van der Waals surface area contributed by atoms with Crippen molar-refractivity contribution in [2.75, 3.05) is 0 Å². The molecule has 17 heavy (non-hydrogen) atoms. The second-order valence-electron chi connectivity index (χ2n) is 3.77. The Kier molecular flexibility index (Phi) is 5.92. The molecule has 6 heteroatoms. The number of aryl methyl sites for hydroxylation is 1. The van der Waals surface area contributed by atoms with Crippen LogP contribution in [0.4, 0.5) is 17.6 Å². The average Bonchev–Trinajstić information content (AvgIpc) is 2.17. The van der Waals surface area contributed by atoms with Gasteiger partial charge in [-0.05, 0) is 30.5 Å². The van der Waals surface area contributed by atoms with Gasteiger partial charge in [-0.1, -0.05) is 12.1 Å². The Labute approximate surface area is 103 Å². The summed E-state index contributed by atoms with van der Waals surface area (Å²) in [6.07, 6.45) is -5.41. The lowest BCUT2D eigenvalue weighted by Gasteiger charge is -2.14. The number of halogens is 5. The molecule has 0 radical (unpaired) electrons. The second kappa shape index (κ2) is 6.21. The van der Waals surface area contributed by atoms with Crippen LogP contribution in [0.15, 0.2) is 18.2 Å². The van der Waals surface area contributed by atoms with Gasteiger partial charge in [0.25, 0.3) is 0 Å². The Morgan fingerprint density at radius 2 is 1.88 bits per heavy atom. The Balaban J connectivity index is 0.00000256. The summed E-state index contributed by atoms with van der Waals surface area (Å²) < 4.78 is 49.0. The molecule has 1 atom stereocenters. The van der Waals surface area contributed by atoms with E-state index in [1.54, 1.807) is 13.0 Å². The summed E-state index contributed by atoms with van der Waals surface area (Å²) in [4.78, 5) is 0. The molecule has 1 nitrogen and oxygen atoms in total. The fraction of sp³-hybridized carbons (Fsp3) is 0.455. The Morgan fingerprint density at radius 1 is 1.29 bits per heavy atom. The second-order valence-corrected chi connectivity index (χ2v) is 3.77. The van der Waals surface area contributed by atoms with E-state index in [0.29, 0.717) is 11.1 Å². The number of nitrogens with two attached hydrogens (primary N) is 1. The third-order valence-electron chi connectivity index (χ3n) is 2.36. The van der Waals surface area contributed by atoms with Gasteiger partial charge in [0.05, 0.1) is 0 Å². The lowest BCUT2D eigenvalue weighted by Crippen LogP contribution is -2.16. The monoisotopic (exact) mass is 271 g/mol. The number of rotatable bonds is 3. The molecule has 0 aromatic heterocycles. The zero-order chi connectivity index (χ0) is 12.3. The van der Waals surface area contributed by atoms with Gasteiger partial charge in [0, 0.05) is 12.5 Å². The molecular formula is C11H14ClF4N. The Bertz CT molecular complexity index is 365. The SMILES string of the molecule is Cc1ccc([C@@H](N)CCC(F)(F)F)cc1F.Cl. The minimum atomic E-state index is -4.22. The van der Waals surface area contributed by atoms with Gasteiger partial charge in [0.2, 0.25) is 0 Å². The quantitative estimate of drug-likeness (QED) is 0.829. The highest BCUT2D eigenvalue weighted by atomic mass is 35.5. The number of hydrogen-bond acceptors (Lipinski definition) is 1. The predicted octanol–water partition coefficient (Wildman–Crippen LogP) is 3.90. The smallest absolute Gasteiger partial charge is 0.324 e. The Hall–Kier alpha value is -0.810. The van der Waals surface area contributed by atoms with Gasteiger partial charge >= 0.3 is 6.18 Å². The average molecular weight is 272 g/mol.